The Labute approximate surface area is 182 Å². The minimum absolute atomic E-state index is 0.0890. The normalized spacial score (nSPS) is 18.8. The number of aryl methyl sites for hydroxylation is 1. The summed E-state index contributed by atoms with van der Waals surface area (Å²) in [5.41, 5.74) is 2.42. The molecule has 0 aliphatic carbocycles. The lowest BCUT2D eigenvalue weighted by molar-refractivity contribution is -0.128. The molecule has 166 valence electrons. The van der Waals surface area contributed by atoms with Gasteiger partial charge >= 0.3 is 6.61 Å². The Balaban J connectivity index is 1.23. The maximum absolute atomic E-state index is 12.7. The second kappa shape index (κ2) is 9.77. The van der Waals surface area contributed by atoms with E-state index in [4.69, 9.17) is 0 Å². The molecule has 0 radical (unpaired) electrons. The predicted octanol–water partition coefficient (Wildman–Crippen LogP) is 4.74. The first-order valence-electron chi connectivity index (χ1n) is 11.1. The van der Waals surface area contributed by atoms with E-state index in [1.807, 2.05) is 4.90 Å². The highest BCUT2D eigenvalue weighted by Gasteiger charge is 2.44. The molecular weight excluding hydrogens is 398 g/mol. The molecule has 4 nitrogen and oxygen atoms in total. The van der Waals surface area contributed by atoms with E-state index in [9.17, 15) is 13.6 Å². The van der Waals surface area contributed by atoms with E-state index in [1.165, 1.54) is 17.7 Å². The number of nitrogens with zero attached hydrogens (tertiary/aromatic N) is 2. The van der Waals surface area contributed by atoms with Crippen LogP contribution >= 0.6 is 0 Å². The first-order valence-corrected chi connectivity index (χ1v) is 11.1. The molecule has 2 aliphatic heterocycles. The van der Waals surface area contributed by atoms with Crippen LogP contribution in [-0.4, -0.2) is 48.5 Å². The van der Waals surface area contributed by atoms with Crippen LogP contribution in [0.15, 0.2) is 54.6 Å². The average Bonchev–Trinajstić information content (AvgIpc) is 3.06. The zero-order chi connectivity index (χ0) is 21.7. The zero-order valence-electron chi connectivity index (χ0n) is 17.8. The van der Waals surface area contributed by atoms with Gasteiger partial charge in [-0.25, -0.2) is 0 Å². The summed E-state index contributed by atoms with van der Waals surface area (Å²) in [5.74, 6) is 0.341. The third kappa shape index (κ3) is 5.82. The fourth-order valence-corrected chi connectivity index (χ4v) is 4.86. The number of ether oxygens (including phenoxy) is 1. The monoisotopic (exact) mass is 428 g/mol. The van der Waals surface area contributed by atoms with Gasteiger partial charge in [0.2, 0.25) is 5.91 Å². The number of rotatable bonds is 8. The molecule has 2 aliphatic rings. The lowest BCUT2D eigenvalue weighted by Crippen LogP contribution is -2.41. The molecule has 1 amide bonds. The molecule has 1 spiro atoms. The molecule has 2 aromatic carbocycles. The van der Waals surface area contributed by atoms with Crippen LogP contribution in [0, 0.1) is 5.41 Å². The third-order valence-corrected chi connectivity index (χ3v) is 6.63. The standard InChI is InChI=1S/C25H30F2N2O2/c26-24(27)31-22-10-8-21(9-11-22)18-29-19-25(17-23(29)30)12-15-28(16-13-25)14-4-7-20-5-2-1-3-6-20/h1-3,5-6,8-11,24H,4,7,12-19H2. The molecule has 4 rings (SSSR count). The molecule has 6 heteroatoms. The van der Waals surface area contributed by atoms with Crippen molar-refractivity contribution in [1.82, 2.24) is 9.80 Å². The molecule has 2 heterocycles. The number of likely N-dealkylation sites (tertiary alicyclic amines) is 2. The molecule has 2 fully saturated rings. The summed E-state index contributed by atoms with van der Waals surface area (Å²) >= 11 is 0. The number of benzene rings is 2. The number of carbonyl (C=O) groups is 1. The first-order chi connectivity index (χ1) is 15.0. The lowest BCUT2D eigenvalue weighted by atomic mass is 9.77. The van der Waals surface area contributed by atoms with Crippen molar-refractivity contribution in [3.63, 3.8) is 0 Å². The summed E-state index contributed by atoms with van der Waals surface area (Å²) < 4.78 is 29.0. The summed E-state index contributed by atoms with van der Waals surface area (Å²) in [6.07, 6.45) is 5.00. The van der Waals surface area contributed by atoms with Crippen LogP contribution in [0.1, 0.15) is 36.8 Å². The van der Waals surface area contributed by atoms with Crippen molar-refractivity contribution in [1.29, 1.82) is 0 Å². The van der Waals surface area contributed by atoms with Gasteiger partial charge in [-0.1, -0.05) is 42.5 Å². The highest BCUT2D eigenvalue weighted by atomic mass is 19.3. The minimum atomic E-state index is -2.82. The van der Waals surface area contributed by atoms with Crippen molar-refractivity contribution in [2.45, 2.75) is 45.3 Å². The van der Waals surface area contributed by atoms with E-state index in [2.05, 4.69) is 40.0 Å². The topological polar surface area (TPSA) is 32.8 Å². The van der Waals surface area contributed by atoms with E-state index in [0.29, 0.717) is 13.0 Å². The lowest BCUT2D eigenvalue weighted by Gasteiger charge is -2.38. The Bertz CT molecular complexity index is 850. The van der Waals surface area contributed by atoms with Crippen molar-refractivity contribution in [3.8, 4) is 5.75 Å². The molecule has 2 aromatic rings. The maximum Gasteiger partial charge on any atom is 0.387 e. The number of piperidine rings is 1. The highest BCUT2D eigenvalue weighted by molar-refractivity contribution is 5.79. The molecule has 0 aromatic heterocycles. The Hall–Kier alpha value is -2.47. The van der Waals surface area contributed by atoms with Crippen LogP contribution in [0.3, 0.4) is 0 Å². The molecule has 2 saturated heterocycles. The van der Waals surface area contributed by atoms with Gasteiger partial charge < -0.3 is 14.5 Å². The number of alkyl halides is 2. The summed E-state index contributed by atoms with van der Waals surface area (Å²) in [5, 5.41) is 0. The first kappa shape index (κ1) is 21.8. The molecule has 31 heavy (non-hydrogen) atoms. The maximum atomic E-state index is 12.7. The predicted molar refractivity (Wildman–Crippen MR) is 116 cm³/mol. The van der Waals surface area contributed by atoms with E-state index >= 15 is 0 Å². The Kier molecular flexibility index (Phi) is 6.86. The van der Waals surface area contributed by atoms with Crippen molar-refractivity contribution in [2.75, 3.05) is 26.2 Å². The Morgan fingerprint density at radius 3 is 2.35 bits per heavy atom. The van der Waals surface area contributed by atoms with Crippen molar-refractivity contribution < 1.29 is 18.3 Å². The fraction of sp³-hybridized carbons (Fsp3) is 0.480. The van der Waals surface area contributed by atoms with Crippen molar-refractivity contribution in [2.24, 2.45) is 5.41 Å². The van der Waals surface area contributed by atoms with Crippen LogP contribution in [-0.2, 0) is 17.8 Å². The van der Waals surface area contributed by atoms with Crippen LogP contribution in [0.5, 0.6) is 5.75 Å². The smallest absolute Gasteiger partial charge is 0.387 e. The zero-order valence-corrected chi connectivity index (χ0v) is 17.8. The van der Waals surface area contributed by atoms with Gasteiger partial charge in [-0.05, 0) is 74.0 Å². The van der Waals surface area contributed by atoms with Gasteiger partial charge in [0.25, 0.3) is 0 Å². The highest BCUT2D eigenvalue weighted by Crippen LogP contribution is 2.41. The summed E-state index contributed by atoms with van der Waals surface area (Å²) in [4.78, 5) is 17.1. The molecule has 0 unspecified atom stereocenters. The largest absolute Gasteiger partial charge is 0.435 e. The number of halogens is 2. The molecule has 0 N–H and O–H groups in total. The molecule has 0 saturated carbocycles. The van der Waals surface area contributed by atoms with Gasteiger partial charge in [0.05, 0.1) is 0 Å². The van der Waals surface area contributed by atoms with Crippen LogP contribution < -0.4 is 4.74 Å². The molecule has 0 bridgehead atoms. The van der Waals surface area contributed by atoms with Gasteiger partial charge in [0.15, 0.2) is 0 Å². The van der Waals surface area contributed by atoms with E-state index in [-0.39, 0.29) is 17.1 Å². The number of hydrogen-bond donors (Lipinski definition) is 0. The minimum Gasteiger partial charge on any atom is -0.435 e. The average molecular weight is 429 g/mol. The van der Waals surface area contributed by atoms with Crippen LogP contribution in [0.4, 0.5) is 8.78 Å². The third-order valence-electron chi connectivity index (χ3n) is 6.63. The summed E-state index contributed by atoms with van der Waals surface area (Å²) in [7, 11) is 0. The number of carbonyl (C=O) groups excluding carboxylic acids is 1. The molecular formula is C25H30F2N2O2. The fourth-order valence-electron chi connectivity index (χ4n) is 4.86. The number of amides is 1. The second-order valence-corrected chi connectivity index (χ2v) is 8.88. The van der Waals surface area contributed by atoms with Gasteiger partial charge in [0, 0.05) is 19.5 Å². The van der Waals surface area contributed by atoms with E-state index in [0.717, 1.165) is 57.4 Å². The summed E-state index contributed by atoms with van der Waals surface area (Å²) in [6, 6.07) is 17.2. The van der Waals surface area contributed by atoms with E-state index < -0.39 is 6.61 Å². The SMILES string of the molecule is O=C1CC2(CCN(CCCc3ccccc3)CC2)CN1Cc1ccc(OC(F)F)cc1. The van der Waals surface area contributed by atoms with Gasteiger partial charge in [-0.15, -0.1) is 0 Å². The second-order valence-electron chi connectivity index (χ2n) is 8.88. The van der Waals surface area contributed by atoms with Crippen LogP contribution in [0.25, 0.3) is 0 Å². The van der Waals surface area contributed by atoms with Crippen LogP contribution in [0.2, 0.25) is 0 Å². The summed E-state index contributed by atoms with van der Waals surface area (Å²) in [6.45, 7) is 1.70. The van der Waals surface area contributed by atoms with Crippen molar-refractivity contribution >= 4 is 5.91 Å². The Morgan fingerprint density at radius 2 is 1.68 bits per heavy atom. The van der Waals surface area contributed by atoms with Crippen molar-refractivity contribution in [3.05, 3.63) is 65.7 Å². The molecule has 0 atom stereocenters. The van der Waals surface area contributed by atoms with Gasteiger partial charge in [-0.2, -0.15) is 8.78 Å². The quantitative estimate of drug-likeness (QED) is 0.609. The van der Waals surface area contributed by atoms with E-state index in [1.54, 1.807) is 12.1 Å². The number of hydrogen-bond acceptors (Lipinski definition) is 3. The van der Waals surface area contributed by atoms with Gasteiger partial charge in [-0.3, -0.25) is 4.79 Å². The van der Waals surface area contributed by atoms with Gasteiger partial charge in [0.1, 0.15) is 5.75 Å². The Morgan fingerprint density at radius 1 is 0.968 bits per heavy atom.